The number of hydrogen-bond acceptors (Lipinski definition) is 5. The third-order valence-electron chi connectivity index (χ3n) is 0.347. The Bertz CT molecular complexity index is 173. The van der Waals surface area contributed by atoms with Gasteiger partial charge in [0.05, 0.1) is 14.0 Å². The number of aromatic nitrogens is 1. The van der Waals surface area contributed by atoms with E-state index in [1.165, 1.54) is 6.26 Å². The molecule has 9 heteroatoms. The van der Waals surface area contributed by atoms with Crippen LogP contribution >= 0.6 is 7.82 Å². The predicted octanol–water partition coefficient (Wildman–Crippen LogP) is -7.51. The molecule has 1 aromatic heterocycles. The molecule has 1 N–H and O–H groups in total. The topological polar surface area (TPSA) is 109 Å². The molecule has 12 heavy (non-hydrogen) atoms. The van der Waals surface area contributed by atoms with E-state index in [-0.39, 0.29) is 59.1 Å². The fourth-order valence-corrected chi connectivity index (χ4v) is 0.176. The molecular formula is C3H4NNa2O5P. The predicted molar refractivity (Wildman–Crippen MR) is 26.3 cm³/mol. The van der Waals surface area contributed by atoms with Crippen molar-refractivity contribution < 1.29 is 82.9 Å². The Kier molecular flexibility index (Phi) is 16.5. The van der Waals surface area contributed by atoms with Crippen molar-refractivity contribution in [2.75, 3.05) is 0 Å². The van der Waals surface area contributed by atoms with E-state index in [9.17, 15) is 0 Å². The Hall–Kier alpha value is 1.32. The van der Waals surface area contributed by atoms with Crippen LogP contribution in [0.3, 0.4) is 0 Å². The second-order valence-corrected chi connectivity index (χ2v) is 2.09. The van der Waals surface area contributed by atoms with Gasteiger partial charge in [0, 0.05) is 0 Å². The largest absolute Gasteiger partial charge is 1.00 e. The molecule has 1 aromatic rings. The van der Waals surface area contributed by atoms with E-state index >= 15 is 0 Å². The van der Waals surface area contributed by atoms with Gasteiger partial charge in [0.15, 0.2) is 0 Å². The van der Waals surface area contributed by atoms with Gasteiger partial charge in [-0.25, -0.2) is 0 Å². The van der Waals surface area contributed by atoms with E-state index in [0.29, 0.717) is 0 Å². The van der Waals surface area contributed by atoms with E-state index in [1.54, 1.807) is 12.3 Å². The molecule has 0 fully saturated rings. The van der Waals surface area contributed by atoms with Crippen LogP contribution in [0.4, 0.5) is 0 Å². The molecular weight excluding hydrogens is 207 g/mol. The summed E-state index contributed by atoms with van der Waals surface area (Å²) in [5.41, 5.74) is 0. The molecule has 6 nitrogen and oxygen atoms in total. The molecule has 1 heterocycles. The van der Waals surface area contributed by atoms with Crippen molar-refractivity contribution in [2.24, 2.45) is 0 Å². The zero-order valence-corrected chi connectivity index (χ0v) is 11.6. The maximum absolute atomic E-state index is 8.66. The van der Waals surface area contributed by atoms with Crippen molar-refractivity contribution in [3.05, 3.63) is 18.5 Å². The number of nitrogens with zero attached hydrogens (tertiary/aromatic N) is 1. The summed E-state index contributed by atoms with van der Waals surface area (Å²) in [6.45, 7) is 0. The number of phosphoric acid groups is 1. The fourth-order valence-electron chi connectivity index (χ4n) is 0.176. The van der Waals surface area contributed by atoms with Gasteiger partial charge in [-0.15, -0.1) is 0 Å². The maximum atomic E-state index is 8.66. The van der Waals surface area contributed by atoms with Gasteiger partial charge < -0.3 is 23.8 Å². The van der Waals surface area contributed by atoms with Crippen molar-refractivity contribution >= 4 is 7.82 Å². The van der Waals surface area contributed by atoms with Crippen LogP contribution in [-0.2, 0) is 4.57 Å². The zero-order valence-electron chi connectivity index (χ0n) is 6.71. The molecule has 1 rings (SSSR count). The average molecular weight is 211 g/mol. The third-order valence-corrected chi connectivity index (χ3v) is 0.347. The molecule has 0 radical (unpaired) electrons. The Balaban J connectivity index is -0.000000116. The summed E-state index contributed by atoms with van der Waals surface area (Å²) in [7, 11) is -5.14. The van der Waals surface area contributed by atoms with Crippen molar-refractivity contribution in [1.82, 2.24) is 5.16 Å². The van der Waals surface area contributed by atoms with Gasteiger partial charge >= 0.3 is 59.1 Å². The second-order valence-electron chi connectivity index (χ2n) is 1.16. The van der Waals surface area contributed by atoms with Crippen LogP contribution in [0.5, 0.6) is 0 Å². The van der Waals surface area contributed by atoms with Gasteiger partial charge in [-0.2, -0.15) is 0 Å². The molecule has 58 valence electrons. The fraction of sp³-hybridized carbons (Fsp3) is 0. The molecule has 0 atom stereocenters. The van der Waals surface area contributed by atoms with Gasteiger partial charge in [-0.05, 0) is 6.07 Å². The van der Waals surface area contributed by atoms with E-state index in [4.69, 9.17) is 19.2 Å². The Morgan fingerprint density at radius 1 is 1.42 bits per heavy atom. The van der Waals surface area contributed by atoms with Crippen LogP contribution in [0.25, 0.3) is 0 Å². The molecule has 0 bridgehead atoms. The molecule has 0 spiro atoms. The summed E-state index contributed by atoms with van der Waals surface area (Å²) < 4.78 is 13.0. The van der Waals surface area contributed by atoms with Crippen LogP contribution < -0.4 is 68.9 Å². The van der Waals surface area contributed by atoms with Gasteiger partial charge in [-0.3, -0.25) is 0 Å². The van der Waals surface area contributed by atoms with E-state index in [1.807, 2.05) is 0 Å². The Morgan fingerprint density at radius 2 is 1.83 bits per heavy atom. The minimum Gasteiger partial charge on any atom is -0.790 e. The van der Waals surface area contributed by atoms with Gasteiger partial charge in [0.25, 0.3) is 0 Å². The van der Waals surface area contributed by atoms with Gasteiger partial charge in [-0.1, -0.05) is 5.16 Å². The first kappa shape index (κ1) is 19.0. The SMILES string of the molecule is O=P([O-])([O-])O.[Na+].[Na+].c1cnoc1. The number of hydrogen-bond donors (Lipinski definition) is 1. The minimum absolute atomic E-state index is 0. The van der Waals surface area contributed by atoms with Crippen LogP contribution in [0, 0.1) is 0 Å². The summed E-state index contributed by atoms with van der Waals surface area (Å²) in [5.74, 6) is 0. The number of rotatable bonds is 0. The van der Waals surface area contributed by atoms with Crippen LogP contribution in [0.2, 0.25) is 0 Å². The summed E-state index contributed by atoms with van der Waals surface area (Å²) in [6, 6.07) is 1.72. The molecule has 0 aliphatic heterocycles. The van der Waals surface area contributed by atoms with E-state index < -0.39 is 7.82 Å². The first-order chi connectivity index (χ1) is 4.50. The zero-order chi connectivity index (χ0) is 8.04. The van der Waals surface area contributed by atoms with E-state index in [0.717, 1.165) is 0 Å². The second kappa shape index (κ2) is 10.4. The standard InChI is InChI=1S/C3H3NO.2Na.H3O4P/c1-2-4-5-3-1;;;1-5(2,3)4/h1-3H;;;(H3,1,2,3,4)/q;2*+1;/p-2. The van der Waals surface area contributed by atoms with Crippen LogP contribution in [0.15, 0.2) is 23.0 Å². The Labute approximate surface area is 113 Å². The molecule has 0 aromatic carbocycles. The summed E-state index contributed by atoms with van der Waals surface area (Å²) >= 11 is 0. The van der Waals surface area contributed by atoms with Gasteiger partial charge in [0.1, 0.15) is 6.26 Å². The average Bonchev–Trinajstić information content (AvgIpc) is 2.07. The van der Waals surface area contributed by atoms with Gasteiger partial charge in [0.2, 0.25) is 0 Å². The third kappa shape index (κ3) is 30.2. The summed E-state index contributed by atoms with van der Waals surface area (Å²) in [5, 5.41) is 3.35. The molecule has 0 amide bonds. The molecule has 0 saturated carbocycles. The van der Waals surface area contributed by atoms with Crippen molar-refractivity contribution in [2.45, 2.75) is 0 Å². The summed E-state index contributed by atoms with van der Waals surface area (Å²) in [6.07, 6.45) is 3.10. The first-order valence-electron chi connectivity index (χ1n) is 2.09. The quantitative estimate of drug-likeness (QED) is 0.337. The molecule has 0 aliphatic carbocycles. The first-order valence-corrected chi connectivity index (χ1v) is 3.59. The van der Waals surface area contributed by atoms with Crippen LogP contribution in [0.1, 0.15) is 0 Å². The monoisotopic (exact) mass is 211 g/mol. The molecule has 0 saturated heterocycles. The van der Waals surface area contributed by atoms with Crippen molar-refractivity contribution in [3.63, 3.8) is 0 Å². The minimum atomic E-state index is -5.14. The van der Waals surface area contributed by atoms with Crippen LogP contribution in [-0.4, -0.2) is 10.1 Å². The smallest absolute Gasteiger partial charge is 0.790 e. The van der Waals surface area contributed by atoms with Crippen molar-refractivity contribution in [3.8, 4) is 0 Å². The van der Waals surface area contributed by atoms with Crippen molar-refractivity contribution in [1.29, 1.82) is 0 Å². The maximum Gasteiger partial charge on any atom is 1.00 e. The molecule has 0 aliphatic rings. The normalized spacial score (nSPS) is 8.25. The molecule has 0 unspecified atom stereocenters. The van der Waals surface area contributed by atoms with E-state index in [2.05, 4.69) is 9.68 Å². The Morgan fingerprint density at radius 3 is 1.92 bits per heavy atom. The summed E-state index contributed by atoms with van der Waals surface area (Å²) in [4.78, 5) is 24.3.